The molecule has 0 bridgehead atoms. The minimum atomic E-state index is -0.588. The number of nitrogens with zero attached hydrogens (tertiary/aromatic N) is 1. The molecule has 0 radical (unpaired) electrons. The summed E-state index contributed by atoms with van der Waals surface area (Å²) in [6.07, 6.45) is 8.69. The van der Waals surface area contributed by atoms with E-state index in [2.05, 4.69) is 5.32 Å². The summed E-state index contributed by atoms with van der Waals surface area (Å²) >= 11 is 5.95. The molecule has 2 aliphatic rings. The summed E-state index contributed by atoms with van der Waals surface area (Å²) in [6, 6.07) is 7.05. The van der Waals surface area contributed by atoms with Crippen LogP contribution in [0.25, 0.3) is 0 Å². The van der Waals surface area contributed by atoms with Crippen molar-refractivity contribution in [3.63, 3.8) is 0 Å². The van der Waals surface area contributed by atoms with Crippen LogP contribution in [0.1, 0.15) is 51.4 Å². The molecule has 24 heavy (non-hydrogen) atoms. The monoisotopic (exact) mass is 350 g/mol. The average molecular weight is 351 g/mol. The van der Waals surface area contributed by atoms with E-state index in [1.807, 2.05) is 12.1 Å². The Balaban J connectivity index is 1.49. The van der Waals surface area contributed by atoms with Crippen molar-refractivity contribution in [2.45, 2.75) is 57.0 Å². The Bertz CT molecular complexity index is 564. The van der Waals surface area contributed by atoms with E-state index in [1.165, 1.54) is 32.1 Å². The number of rotatable bonds is 3. The normalized spacial score (nSPS) is 21.5. The zero-order valence-corrected chi connectivity index (χ0v) is 14.9. The lowest BCUT2D eigenvalue weighted by molar-refractivity contribution is -0.0337. The summed E-state index contributed by atoms with van der Waals surface area (Å²) in [4.78, 5) is 14.2. The van der Waals surface area contributed by atoms with Crippen molar-refractivity contribution in [3.8, 4) is 0 Å². The molecule has 4 nitrogen and oxygen atoms in total. The number of hydrogen-bond acceptors (Lipinski definition) is 2. The number of nitrogens with one attached hydrogen (secondary N) is 1. The van der Waals surface area contributed by atoms with Crippen LogP contribution in [0.15, 0.2) is 24.3 Å². The lowest BCUT2D eigenvalue weighted by Crippen LogP contribution is -2.48. The summed E-state index contributed by atoms with van der Waals surface area (Å²) in [6.45, 7) is 1.21. The van der Waals surface area contributed by atoms with Gasteiger partial charge in [0, 0.05) is 23.8 Å². The molecule has 1 aromatic rings. The summed E-state index contributed by atoms with van der Waals surface area (Å²) in [5.74, 6) is 0.663. The minimum Gasteiger partial charge on any atom is -0.390 e. The first-order valence-electron chi connectivity index (χ1n) is 9.08. The molecule has 5 heteroatoms. The molecule has 1 aliphatic carbocycles. The Labute approximate surface area is 149 Å². The van der Waals surface area contributed by atoms with Crippen LogP contribution >= 0.6 is 11.6 Å². The third kappa shape index (κ3) is 4.64. The topological polar surface area (TPSA) is 52.6 Å². The highest BCUT2D eigenvalue weighted by atomic mass is 35.5. The number of benzene rings is 1. The smallest absolute Gasteiger partial charge is 0.321 e. The van der Waals surface area contributed by atoms with Gasteiger partial charge in [0.05, 0.1) is 5.60 Å². The molecule has 1 aromatic carbocycles. The molecular formula is C19H27ClN2O2. The van der Waals surface area contributed by atoms with Crippen molar-refractivity contribution < 1.29 is 9.90 Å². The number of amides is 2. The van der Waals surface area contributed by atoms with Crippen LogP contribution in [0.5, 0.6) is 0 Å². The number of aliphatic hydroxyl groups is 1. The first kappa shape index (κ1) is 17.6. The van der Waals surface area contributed by atoms with E-state index in [4.69, 9.17) is 11.6 Å². The number of halogens is 1. The summed E-state index contributed by atoms with van der Waals surface area (Å²) < 4.78 is 0. The third-order valence-electron chi connectivity index (χ3n) is 5.45. The van der Waals surface area contributed by atoms with Gasteiger partial charge in [0.2, 0.25) is 0 Å². The standard InChI is InChI=1S/C19H27ClN2O2/c20-16-7-4-8-17(13-16)21-18(23)22-11-9-19(24,10-12-22)14-15-5-2-1-3-6-15/h4,7-8,13,15,24H,1-3,5-6,9-12,14H2,(H,21,23). The van der Waals surface area contributed by atoms with Gasteiger partial charge in [-0.25, -0.2) is 4.79 Å². The quantitative estimate of drug-likeness (QED) is 0.832. The number of likely N-dealkylation sites (tertiary alicyclic amines) is 1. The van der Waals surface area contributed by atoms with E-state index in [1.54, 1.807) is 17.0 Å². The van der Waals surface area contributed by atoms with Crippen LogP contribution < -0.4 is 5.32 Å². The number of carbonyl (C=O) groups is 1. The zero-order valence-electron chi connectivity index (χ0n) is 14.1. The highest BCUT2D eigenvalue weighted by Gasteiger charge is 2.36. The summed E-state index contributed by atoms with van der Waals surface area (Å²) in [5.41, 5.74) is 0.116. The fraction of sp³-hybridized carbons (Fsp3) is 0.632. The van der Waals surface area contributed by atoms with Crippen molar-refractivity contribution in [2.24, 2.45) is 5.92 Å². The van der Waals surface area contributed by atoms with E-state index in [0.29, 0.717) is 42.6 Å². The van der Waals surface area contributed by atoms with Gasteiger partial charge in [-0.1, -0.05) is 49.8 Å². The van der Waals surface area contributed by atoms with E-state index < -0.39 is 5.60 Å². The predicted molar refractivity (Wildman–Crippen MR) is 97.4 cm³/mol. The van der Waals surface area contributed by atoms with Gasteiger partial charge in [-0.15, -0.1) is 0 Å². The van der Waals surface area contributed by atoms with Gasteiger partial charge in [-0.05, 0) is 43.4 Å². The van der Waals surface area contributed by atoms with Crippen LogP contribution in [0.3, 0.4) is 0 Å². The molecule has 2 N–H and O–H groups in total. The van der Waals surface area contributed by atoms with E-state index >= 15 is 0 Å². The lowest BCUT2D eigenvalue weighted by Gasteiger charge is -2.40. The largest absolute Gasteiger partial charge is 0.390 e. The van der Waals surface area contributed by atoms with Crippen molar-refractivity contribution in [1.29, 1.82) is 0 Å². The van der Waals surface area contributed by atoms with Crippen LogP contribution in [-0.2, 0) is 0 Å². The third-order valence-corrected chi connectivity index (χ3v) is 5.69. The van der Waals surface area contributed by atoms with Crippen LogP contribution in [0.4, 0.5) is 10.5 Å². The molecule has 1 heterocycles. The first-order valence-corrected chi connectivity index (χ1v) is 9.46. The molecule has 0 atom stereocenters. The fourth-order valence-corrected chi connectivity index (χ4v) is 4.22. The molecular weight excluding hydrogens is 324 g/mol. The number of piperidine rings is 1. The number of anilines is 1. The second-order valence-electron chi connectivity index (χ2n) is 7.36. The maximum Gasteiger partial charge on any atom is 0.321 e. The average Bonchev–Trinajstić information content (AvgIpc) is 2.56. The highest BCUT2D eigenvalue weighted by Crippen LogP contribution is 2.35. The summed E-state index contributed by atoms with van der Waals surface area (Å²) in [5, 5.41) is 14.4. The van der Waals surface area contributed by atoms with E-state index in [0.717, 1.165) is 6.42 Å². The van der Waals surface area contributed by atoms with Crippen molar-refractivity contribution >= 4 is 23.3 Å². The molecule has 1 saturated carbocycles. The minimum absolute atomic E-state index is 0.114. The highest BCUT2D eigenvalue weighted by molar-refractivity contribution is 6.30. The maximum atomic E-state index is 12.4. The molecule has 132 valence electrons. The Hall–Kier alpha value is -1.26. The molecule has 2 amide bonds. The van der Waals surface area contributed by atoms with Gasteiger partial charge in [0.15, 0.2) is 0 Å². The van der Waals surface area contributed by atoms with Gasteiger partial charge >= 0.3 is 6.03 Å². The molecule has 0 spiro atoms. The predicted octanol–water partition coefficient (Wildman–Crippen LogP) is 4.67. The second kappa shape index (κ2) is 7.75. The number of urea groups is 1. The van der Waals surface area contributed by atoms with E-state index in [9.17, 15) is 9.90 Å². The van der Waals surface area contributed by atoms with Crippen LogP contribution in [-0.4, -0.2) is 34.7 Å². The SMILES string of the molecule is O=C(Nc1cccc(Cl)c1)N1CCC(O)(CC2CCCCC2)CC1. The van der Waals surface area contributed by atoms with Gasteiger partial charge in [0.25, 0.3) is 0 Å². The Morgan fingerprint density at radius 1 is 1.25 bits per heavy atom. The maximum absolute atomic E-state index is 12.4. The van der Waals surface area contributed by atoms with Crippen LogP contribution in [0.2, 0.25) is 5.02 Å². The zero-order chi connectivity index (χ0) is 17.0. The van der Waals surface area contributed by atoms with Gasteiger partial charge < -0.3 is 15.3 Å². The Morgan fingerprint density at radius 2 is 1.96 bits per heavy atom. The van der Waals surface area contributed by atoms with Crippen LogP contribution in [0, 0.1) is 5.92 Å². The van der Waals surface area contributed by atoms with Gasteiger partial charge in [0.1, 0.15) is 0 Å². The summed E-state index contributed by atoms with van der Waals surface area (Å²) in [7, 11) is 0. The number of carbonyl (C=O) groups excluding carboxylic acids is 1. The van der Waals surface area contributed by atoms with Crippen molar-refractivity contribution in [1.82, 2.24) is 4.90 Å². The molecule has 0 aromatic heterocycles. The molecule has 1 aliphatic heterocycles. The van der Waals surface area contributed by atoms with Gasteiger partial charge in [-0.2, -0.15) is 0 Å². The fourth-order valence-electron chi connectivity index (χ4n) is 4.03. The Morgan fingerprint density at radius 3 is 2.62 bits per heavy atom. The molecule has 1 saturated heterocycles. The molecule has 0 unspecified atom stereocenters. The van der Waals surface area contributed by atoms with Crippen molar-refractivity contribution in [2.75, 3.05) is 18.4 Å². The second-order valence-corrected chi connectivity index (χ2v) is 7.80. The molecule has 3 rings (SSSR count). The lowest BCUT2D eigenvalue weighted by atomic mass is 9.77. The number of hydrogen-bond donors (Lipinski definition) is 2. The first-order chi connectivity index (χ1) is 11.5. The molecule has 2 fully saturated rings. The van der Waals surface area contributed by atoms with Crippen molar-refractivity contribution in [3.05, 3.63) is 29.3 Å². The Kier molecular flexibility index (Phi) is 5.67. The van der Waals surface area contributed by atoms with E-state index in [-0.39, 0.29) is 6.03 Å². The van der Waals surface area contributed by atoms with Gasteiger partial charge in [-0.3, -0.25) is 0 Å².